The second-order valence-corrected chi connectivity index (χ2v) is 12.5. The molecule has 9 heteroatoms. The Kier molecular flexibility index (Phi) is 5.84. The van der Waals surface area contributed by atoms with Crippen LogP contribution < -0.4 is 0 Å². The Hall–Kier alpha value is -2.23. The number of hydrogen-bond acceptors (Lipinski definition) is 4. The van der Waals surface area contributed by atoms with Gasteiger partial charge >= 0.3 is 0 Å². The highest BCUT2D eigenvalue weighted by Crippen LogP contribution is 2.34. The Morgan fingerprint density at radius 3 is 1.41 bits per heavy atom. The fourth-order valence-corrected chi connectivity index (χ4v) is 6.40. The largest absolute Gasteiger partial charge is 0.224 e. The minimum Gasteiger partial charge on any atom is -0.224 e. The van der Waals surface area contributed by atoms with Gasteiger partial charge in [0.1, 0.15) is 11.6 Å². The lowest BCUT2D eigenvalue weighted by Crippen LogP contribution is -2.09. The van der Waals surface area contributed by atoms with E-state index in [9.17, 15) is 25.6 Å². The lowest BCUT2D eigenvalue weighted by molar-refractivity contribution is 0.577. The molecule has 3 aromatic carbocycles. The number of hydrogen-bond donors (Lipinski definition) is 0. The van der Waals surface area contributed by atoms with Gasteiger partial charge in [0.2, 0.25) is 0 Å². The van der Waals surface area contributed by atoms with E-state index < -0.39 is 42.2 Å². The van der Waals surface area contributed by atoms with Gasteiger partial charge in [-0.3, -0.25) is 0 Å². The third kappa shape index (κ3) is 5.04. The first kappa shape index (κ1) is 21.5. The molecule has 0 aliphatic carbocycles. The first-order valence-electron chi connectivity index (χ1n) is 8.26. The average molecular weight is 456 g/mol. The first-order valence-corrected chi connectivity index (χ1v) is 13.3. The van der Waals surface area contributed by atoms with Crippen LogP contribution >= 0.6 is 0 Å². The maximum Gasteiger partial charge on any atom is 0.175 e. The zero-order valence-corrected chi connectivity index (χ0v) is 17.9. The van der Waals surface area contributed by atoms with Gasteiger partial charge in [0.15, 0.2) is 34.4 Å². The van der Waals surface area contributed by atoms with E-state index in [1.54, 1.807) is 24.3 Å². The molecule has 0 aliphatic heterocycles. The summed E-state index contributed by atoms with van der Waals surface area (Å²) < 4.78 is 75.8. The quantitative estimate of drug-likeness (QED) is 0.548. The van der Waals surface area contributed by atoms with Crippen LogP contribution in [0.5, 0.6) is 0 Å². The zero-order valence-electron chi connectivity index (χ0n) is 15.5. The van der Waals surface area contributed by atoms with Crippen LogP contribution in [0, 0.1) is 11.6 Å². The van der Waals surface area contributed by atoms with Crippen LogP contribution in [0.15, 0.2) is 91.2 Å². The highest BCUT2D eigenvalue weighted by Gasteiger charge is 2.32. The van der Waals surface area contributed by atoms with Crippen molar-refractivity contribution in [3.8, 4) is 0 Å². The van der Waals surface area contributed by atoms with E-state index in [-0.39, 0.29) is 14.7 Å². The van der Waals surface area contributed by atoms with E-state index in [0.29, 0.717) is 9.79 Å². The minimum atomic E-state index is -3.51. The molecule has 0 heterocycles. The lowest BCUT2D eigenvalue weighted by atomic mass is 10.3. The lowest BCUT2D eigenvalue weighted by Gasteiger charge is -2.10. The van der Waals surface area contributed by atoms with Crippen LogP contribution in [-0.2, 0) is 30.6 Å². The monoisotopic (exact) mass is 455 g/mol. The van der Waals surface area contributed by atoms with Crippen LogP contribution in [0.3, 0.4) is 0 Å². The molecule has 0 aliphatic rings. The smallest absolute Gasteiger partial charge is 0.175 e. The van der Waals surface area contributed by atoms with Crippen LogP contribution in [0.4, 0.5) is 8.78 Å². The Balaban J connectivity index is 2.29. The number of rotatable bonds is 5. The van der Waals surface area contributed by atoms with Gasteiger partial charge in [0, 0.05) is 42.8 Å². The molecule has 29 heavy (non-hydrogen) atoms. The third-order valence-corrected chi connectivity index (χ3v) is 8.39. The molecule has 0 bridgehead atoms. The predicted octanol–water partition coefficient (Wildman–Crippen LogP) is 3.87. The highest BCUT2D eigenvalue weighted by atomic mass is 32.2. The second kappa shape index (κ2) is 7.89. The van der Waals surface area contributed by atoms with E-state index in [4.69, 9.17) is 0 Å². The van der Waals surface area contributed by atoms with Crippen molar-refractivity contribution >= 4 is 30.6 Å². The Labute approximate surface area is 171 Å². The average Bonchev–Trinajstić information content (AvgIpc) is 2.60. The molecule has 3 rings (SSSR count). The molecule has 0 atom stereocenters. The topological polar surface area (TPSA) is 68.3 Å². The van der Waals surface area contributed by atoms with Gasteiger partial charge in [0.25, 0.3) is 0 Å². The molecule has 0 radical (unpaired) electrons. The van der Waals surface area contributed by atoms with Crippen molar-refractivity contribution in [2.75, 3.05) is 12.5 Å². The summed E-state index contributed by atoms with van der Waals surface area (Å²) in [6.45, 7) is 0. The second-order valence-electron chi connectivity index (χ2n) is 6.41. The van der Waals surface area contributed by atoms with Gasteiger partial charge in [-0.25, -0.2) is 25.6 Å². The molecule has 152 valence electrons. The van der Waals surface area contributed by atoms with Crippen molar-refractivity contribution in [1.29, 1.82) is 0 Å². The van der Waals surface area contributed by atoms with Crippen LogP contribution in [0.25, 0.3) is 0 Å². The van der Waals surface area contributed by atoms with Crippen LogP contribution in [0.1, 0.15) is 0 Å². The van der Waals surface area contributed by atoms with Crippen molar-refractivity contribution < 1.29 is 25.6 Å². The third-order valence-electron chi connectivity index (χ3n) is 4.01. The molecular formula is C20H17F2O4S3+. The van der Waals surface area contributed by atoms with Crippen molar-refractivity contribution in [1.82, 2.24) is 0 Å². The van der Waals surface area contributed by atoms with Gasteiger partial charge in [-0.2, -0.15) is 0 Å². The molecule has 3 aromatic rings. The zero-order chi connectivity index (χ0) is 21.4. The first-order chi connectivity index (χ1) is 13.4. The van der Waals surface area contributed by atoms with E-state index in [1.165, 1.54) is 24.3 Å². The summed E-state index contributed by atoms with van der Waals surface area (Å²) >= 11 is 0. The SMILES string of the molecule is CS(=O)(=O)c1cccc([S+](c2cc(F)cc(F)c2)c2cccc(S(C)(=O)=O)c2)c1. The Morgan fingerprint density at radius 1 is 0.621 bits per heavy atom. The van der Waals surface area contributed by atoms with E-state index in [2.05, 4.69) is 0 Å². The Morgan fingerprint density at radius 2 is 1.03 bits per heavy atom. The van der Waals surface area contributed by atoms with Crippen LogP contribution in [0.2, 0.25) is 0 Å². The van der Waals surface area contributed by atoms with Crippen molar-refractivity contribution in [3.05, 3.63) is 78.4 Å². The summed E-state index contributed by atoms with van der Waals surface area (Å²) in [7, 11) is -8.16. The number of halogens is 2. The summed E-state index contributed by atoms with van der Waals surface area (Å²) in [6.07, 6.45) is 2.13. The van der Waals surface area contributed by atoms with Gasteiger partial charge in [-0.1, -0.05) is 12.1 Å². The van der Waals surface area contributed by atoms with Gasteiger partial charge in [-0.15, -0.1) is 0 Å². The molecule has 0 saturated carbocycles. The molecule has 0 fully saturated rings. The molecule has 0 aromatic heterocycles. The minimum absolute atomic E-state index is 0.0589. The summed E-state index contributed by atoms with van der Waals surface area (Å²) in [5.74, 6) is -1.56. The Bertz CT molecular complexity index is 1190. The fraction of sp³-hybridized carbons (Fsp3) is 0.100. The maximum atomic E-state index is 13.9. The van der Waals surface area contributed by atoms with E-state index in [0.717, 1.165) is 30.7 Å². The highest BCUT2D eigenvalue weighted by molar-refractivity contribution is 7.97. The fourth-order valence-electron chi connectivity index (χ4n) is 2.72. The number of sulfone groups is 2. The molecule has 0 unspecified atom stereocenters. The molecule has 0 saturated heterocycles. The van der Waals surface area contributed by atoms with Crippen molar-refractivity contribution in [2.24, 2.45) is 0 Å². The summed E-state index contributed by atoms with van der Waals surface area (Å²) in [5.41, 5.74) is 0. The molecular weight excluding hydrogens is 438 g/mol. The van der Waals surface area contributed by atoms with Crippen molar-refractivity contribution in [3.63, 3.8) is 0 Å². The van der Waals surface area contributed by atoms with Gasteiger partial charge in [0.05, 0.1) is 20.7 Å². The van der Waals surface area contributed by atoms with Crippen LogP contribution in [-0.4, -0.2) is 29.3 Å². The van der Waals surface area contributed by atoms with Crippen molar-refractivity contribution in [2.45, 2.75) is 24.5 Å². The van der Waals surface area contributed by atoms with E-state index >= 15 is 0 Å². The maximum absolute atomic E-state index is 13.9. The number of benzene rings is 3. The molecule has 4 nitrogen and oxygen atoms in total. The summed E-state index contributed by atoms with van der Waals surface area (Å²) in [6, 6.07) is 15.2. The molecule has 0 amide bonds. The van der Waals surface area contributed by atoms with Gasteiger partial charge < -0.3 is 0 Å². The van der Waals surface area contributed by atoms with E-state index in [1.807, 2.05) is 0 Å². The summed E-state index contributed by atoms with van der Waals surface area (Å²) in [5, 5.41) is 0. The predicted molar refractivity (Wildman–Crippen MR) is 108 cm³/mol. The van der Waals surface area contributed by atoms with Gasteiger partial charge in [-0.05, 0) is 24.3 Å². The summed E-state index contributed by atoms with van der Waals surface area (Å²) in [4.78, 5) is 1.36. The molecule has 0 spiro atoms. The molecule has 0 N–H and O–H groups in total. The standard InChI is InChI=1S/C20H17F2O4S3/c1-28(23,24)19-7-3-5-16(12-19)27(18-10-14(21)9-15(22)11-18)17-6-4-8-20(13-17)29(2,25)26/h3-13H,1-2H3/q+1. The normalized spacial score (nSPS) is 12.3.